The average molecular weight is 902 g/mol. The highest BCUT2D eigenvalue weighted by Gasteiger charge is 2.01. The van der Waals surface area contributed by atoms with Gasteiger partial charge in [0.1, 0.15) is 0 Å². The fraction of sp³-hybridized carbons (Fsp3) is 0.984. The molecule has 0 rings (SSSR count). The number of rotatable bonds is 60. The zero-order valence-electron chi connectivity index (χ0n) is 44.8. The van der Waals surface area contributed by atoms with Gasteiger partial charge in [0.05, 0.1) is 0 Å². The first kappa shape index (κ1) is 63.5. The van der Waals surface area contributed by atoms with E-state index in [0.717, 1.165) is 12.8 Å². The predicted octanol–water partition coefficient (Wildman–Crippen LogP) is 23.5. The van der Waals surface area contributed by atoms with Crippen LogP contribution in [0.5, 0.6) is 0 Å². The van der Waals surface area contributed by atoms with E-state index in [1.54, 1.807) is 0 Å². The van der Waals surface area contributed by atoms with E-state index in [9.17, 15) is 4.79 Å². The highest BCUT2D eigenvalue weighted by atomic mass is 16.4. The zero-order chi connectivity index (χ0) is 46.0. The van der Waals surface area contributed by atoms with E-state index in [4.69, 9.17) is 5.11 Å². The molecule has 0 unspecified atom stereocenters. The number of hydrogen-bond donors (Lipinski definition) is 1. The van der Waals surface area contributed by atoms with Gasteiger partial charge in [0.15, 0.2) is 0 Å². The van der Waals surface area contributed by atoms with Gasteiger partial charge in [0, 0.05) is 6.42 Å². The lowest BCUT2D eigenvalue weighted by atomic mass is 10.0. The Bertz CT molecular complexity index is 807. The van der Waals surface area contributed by atoms with Crippen molar-refractivity contribution in [1.82, 2.24) is 0 Å². The third-order valence-corrected chi connectivity index (χ3v) is 15.0. The smallest absolute Gasteiger partial charge is 0.303 e. The number of carboxylic acids is 1. The first-order chi connectivity index (χ1) is 31.8. The molecule has 0 radical (unpaired) electrons. The van der Waals surface area contributed by atoms with Crippen LogP contribution in [0, 0.1) is 0 Å². The maximum atomic E-state index is 10.5. The molecular formula is C62H124O2. The first-order valence-electron chi connectivity index (χ1n) is 31.0. The summed E-state index contributed by atoms with van der Waals surface area (Å²) in [5, 5.41) is 8.68. The maximum absolute atomic E-state index is 10.5. The fourth-order valence-electron chi connectivity index (χ4n) is 10.4. The molecule has 0 atom stereocenters. The average Bonchev–Trinajstić information content (AvgIpc) is 3.29. The normalized spacial score (nSPS) is 11.6. The molecule has 384 valence electrons. The summed E-state index contributed by atoms with van der Waals surface area (Å²) in [6.07, 6.45) is 85.8. The molecule has 0 aliphatic rings. The number of carboxylic acid groups (broad SMARTS) is 1. The molecule has 0 saturated heterocycles. The number of aliphatic carboxylic acids is 1. The van der Waals surface area contributed by atoms with Gasteiger partial charge in [-0.3, -0.25) is 4.79 Å². The lowest BCUT2D eigenvalue weighted by Crippen LogP contribution is -1.93. The minimum Gasteiger partial charge on any atom is -0.481 e. The summed E-state index contributed by atoms with van der Waals surface area (Å²) in [5.74, 6) is -0.645. The maximum Gasteiger partial charge on any atom is 0.303 e. The van der Waals surface area contributed by atoms with E-state index >= 15 is 0 Å². The van der Waals surface area contributed by atoms with E-state index < -0.39 is 5.97 Å². The molecule has 0 aliphatic heterocycles. The van der Waals surface area contributed by atoms with Gasteiger partial charge in [-0.1, -0.05) is 379 Å². The van der Waals surface area contributed by atoms with Gasteiger partial charge in [0.2, 0.25) is 0 Å². The molecule has 1 N–H and O–H groups in total. The SMILES string of the molecule is CCCCCCCCCCCCCCCCCCCCCCCCCCCCCCCCCCCCCCCCCCCCCCCCCCCCCCCCCCCCCC(=O)O. The molecule has 0 aromatic heterocycles. The van der Waals surface area contributed by atoms with Crippen LogP contribution in [0.2, 0.25) is 0 Å². The molecule has 0 saturated carbocycles. The largest absolute Gasteiger partial charge is 0.481 e. The zero-order valence-corrected chi connectivity index (χ0v) is 44.8. The summed E-state index contributed by atoms with van der Waals surface area (Å²) in [7, 11) is 0. The van der Waals surface area contributed by atoms with Crippen molar-refractivity contribution in [2.24, 2.45) is 0 Å². The highest BCUT2D eigenvalue weighted by molar-refractivity contribution is 5.66. The Balaban J connectivity index is 3.07. The van der Waals surface area contributed by atoms with Crippen LogP contribution in [0.15, 0.2) is 0 Å². The van der Waals surface area contributed by atoms with E-state index in [1.165, 1.54) is 366 Å². The molecule has 0 aromatic carbocycles. The molecule has 0 fully saturated rings. The van der Waals surface area contributed by atoms with Crippen LogP contribution in [0.25, 0.3) is 0 Å². The van der Waals surface area contributed by atoms with E-state index in [-0.39, 0.29) is 0 Å². The van der Waals surface area contributed by atoms with Crippen LogP contribution in [-0.2, 0) is 4.79 Å². The summed E-state index contributed by atoms with van der Waals surface area (Å²) in [4.78, 5) is 10.5. The minimum atomic E-state index is -0.645. The van der Waals surface area contributed by atoms with Gasteiger partial charge in [-0.05, 0) is 6.42 Å². The van der Waals surface area contributed by atoms with E-state index in [0.29, 0.717) is 6.42 Å². The summed E-state index contributed by atoms with van der Waals surface area (Å²) in [6.45, 7) is 2.31. The summed E-state index contributed by atoms with van der Waals surface area (Å²) >= 11 is 0. The Morgan fingerprint density at radius 2 is 0.281 bits per heavy atom. The fourth-order valence-corrected chi connectivity index (χ4v) is 10.4. The molecule has 0 aromatic rings. The number of carbonyl (C=O) groups is 1. The van der Waals surface area contributed by atoms with Crippen LogP contribution in [0.3, 0.4) is 0 Å². The molecule has 0 aliphatic carbocycles. The molecule has 2 heteroatoms. The number of hydrogen-bond acceptors (Lipinski definition) is 1. The predicted molar refractivity (Wildman–Crippen MR) is 290 cm³/mol. The van der Waals surface area contributed by atoms with Crippen molar-refractivity contribution in [2.45, 2.75) is 392 Å². The van der Waals surface area contributed by atoms with Crippen molar-refractivity contribution >= 4 is 5.97 Å². The van der Waals surface area contributed by atoms with Gasteiger partial charge >= 0.3 is 5.97 Å². The van der Waals surface area contributed by atoms with Crippen molar-refractivity contribution in [1.29, 1.82) is 0 Å². The number of unbranched alkanes of at least 4 members (excludes halogenated alkanes) is 58. The second kappa shape index (κ2) is 60.5. The second-order valence-electron chi connectivity index (χ2n) is 21.6. The van der Waals surface area contributed by atoms with Gasteiger partial charge in [-0.25, -0.2) is 0 Å². The summed E-state index contributed by atoms with van der Waals surface area (Å²) in [5.41, 5.74) is 0. The topological polar surface area (TPSA) is 37.3 Å². The third kappa shape index (κ3) is 61.5. The Morgan fingerprint density at radius 1 is 0.188 bits per heavy atom. The van der Waals surface area contributed by atoms with Crippen molar-refractivity contribution in [3.63, 3.8) is 0 Å². The Kier molecular flexibility index (Phi) is 60.0. The molecule has 2 nitrogen and oxygen atoms in total. The Labute approximate surface area is 406 Å². The van der Waals surface area contributed by atoms with E-state index in [2.05, 4.69) is 6.92 Å². The Hall–Kier alpha value is -0.530. The lowest BCUT2D eigenvalue weighted by Gasteiger charge is -2.05. The van der Waals surface area contributed by atoms with Crippen LogP contribution < -0.4 is 0 Å². The highest BCUT2D eigenvalue weighted by Crippen LogP contribution is 2.20. The van der Waals surface area contributed by atoms with Crippen molar-refractivity contribution in [3.05, 3.63) is 0 Å². The monoisotopic (exact) mass is 901 g/mol. The van der Waals surface area contributed by atoms with Gasteiger partial charge in [-0.2, -0.15) is 0 Å². The summed E-state index contributed by atoms with van der Waals surface area (Å²) < 4.78 is 0. The first-order valence-corrected chi connectivity index (χ1v) is 31.0. The van der Waals surface area contributed by atoms with E-state index in [1.807, 2.05) is 0 Å². The molecule has 0 bridgehead atoms. The van der Waals surface area contributed by atoms with Crippen molar-refractivity contribution in [3.8, 4) is 0 Å². The van der Waals surface area contributed by atoms with Crippen LogP contribution in [0.4, 0.5) is 0 Å². The molecule has 0 heterocycles. The van der Waals surface area contributed by atoms with Crippen LogP contribution >= 0.6 is 0 Å². The molecule has 0 spiro atoms. The molecular weight excluding hydrogens is 777 g/mol. The molecule has 0 amide bonds. The van der Waals surface area contributed by atoms with Gasteiger partial charge in [-0.15, -0.1) is 0 Å². The second-order valence-corrected chi connectivity index (χ2v) is 21.6. The lowest BCUT2D eigenvalue weighted by molar-refractivity contribution is -0.137. The van der Waals surface area contributed by atoms with Gasteiger partial charge in [0.25, 0.3) is 0 Å². The van der Waals surface area contributed by atoms with Crippen LogP contribution in [-0.4, -0.2) is 11.1 Å². The van der Waals surface area contributed by atoms with Crippen molar-refractivity contribution in [2.75, 3.05) is 0 Å². The standard InChI is InChI=1S/C62H124O2/c1-2-3-4-5-6-7-8-9-10-11-12-13-14-15-16-17-18-19-20-21-22-23-24-25-26-27-28-29-30-31-32-33-34-35-36-37-38-39-40-41-42-43-44-45-46-47-48-49-50-51-52-53-54-55-56-57-58-59-60-61-62(63)64/h2-61H2,1H3,(H,63,64). The molecule has 64 heavy (non-hydrogen) atoms. The summed E-state index contributed by atoms with van der Waals surface area (Å²) in [6, 6.07) is 0. The van der Waals surface area contributed by atoms with Gasteiger partial charge < -0.3 is 5.11 Å². The quantitative estimate of drug-likeness (QED) is 0.0618. The van der Waals surface area contributed by atoms with Crippen molar-refractivity contribution < 1.29 is 9.90 Å². The minimum absolute atomic E-state index is 0.347. The van der Waals surface area contributed by atoms with Crippen LogP contribution in [0.1, 0.15) is 392 Å². The third-order valence-electron chi connectivity index (χ3n) is 15.0. The Morgan fingerprint density at radius 3 is 0.375 bits per heavy atom.